The standard InChI is InChI=1S/C21H35ClN4O2/c1-15(2)25-12-19(27)26(11-16-3-5-17(22)6-4-16)21(20(25)28)13-24(14-21)18-7-9-23-10-8-18/h15-18,23H,3-14H2,1-2H3. The van der Waals surface area contributed by atoms with E-state index in [1.54, 1.807) is 4.90 Å². The number of hydrogen-bond donors (Lipinski definition) is 1. The number of likely N-dealkylation sites (tertiary alicyclic amines) is 1. The summed E-state index contributed by atoms with van der Waals surface area (Å²) in [5.74, 6) is 0.770. The van der Waals surface area contributed by atoms with Crippen molar-refractivity contribution in [2.75, 3.05) is 39.3 Å². The van der Waals surface area contributed by atoms with Crippen molar-refractivity contribution < 1.29 is 9.59 Å². The molecule has 0 unspecified atom stereocenters. The fourth-order valence-electron chi connectivity index (χ4n) is 5.54. The van der Waals surface area contributed by atoms with E-state index in [2.05, 4.69) is 10.2 Å². The van der Waals surface area contributed by atoms with Crippen LogP contribution in [0.4, 0.5) is 0 Å². The Morgan fingerprint density at radius 2 is 1.71 bits per heavy atom. The highest BCUT2D eigenvalue weighted by Crippen LogP contribution is 2.39. The Bertz CT molecular complexity index is 593. The number of amides is 2. The van der Waals surface area contributed by atoms with E-state index in [1.807, 2.05) is 18.7 Å². The molecule has 1 N–H and O–H groups in total. The first-order valence-corrected chi connectivity index (χ1v) is 11.5. The fraction of sp³-hybridized carbons (Fsp3) is 0.905. The highest BCUT2D eigenvalue weighted by molar-refractivity contribution is 6.20. The molecule has 1 spiro atoms. The molecule has 2 amide bonds. The molecule has 7 heteroatoms. The maximum absolute atomic E-state index is 13.5. The monoisotopic (exact) mass is 410 g/mol. The lowest BCUT2D eigenvalue weighted by Gasteiger charge is -2.61. The zero-order valence-electron chi connectivity index (χ0n) is 17.3. The number of nitrogens with zero attached hydrogens (tertiary/aromatic N) is 3. The molecule has 0 radical (unpaired) electrons. The Morgan fingerprint density at radius 3 is 2.32 bits per heavy atom. The number of carbonyl (C=O) groups is 2. The van der Waals surface area contributed by atoms with E-state index in [-0.39, 0.29) is 29.8 Å². The third kappa shape index (κ3) is 3.68. The van der Waals surface area contributed by atoms with Gasteiger partial charge in [0.05, 0.1) is 0 Å². The van der Waals surface area contributed by atoms with Crippen molar-refractivity contribution in [1.82, 2.24) is 20.0 Å². The molecule has 1 saturated carbocycles. The second kappa shape index (κ2) is 8.11. The summed E-state index contributed by atoms with van der Waals surface area (Å²) in [5, 5.41) is 3.69. The van der Waals surface area contributed by atoms with Crippen molar-refractivity contribution in [3.63, 3.8) is 0 Å². The smallest absolute Gasteiger partial charge is 0.251 e. The molecular weight excluding hydrogens is 376 g/mol. The zero-order chi connectivity index (χ0) is 19.9. The molecule has 3 aliphatic heterocycles. The molecule has 0 aromatic carbocycles. The number of carbonyl (C=O) groups excluding carboxylic acids is 2. The number of halogens is 1. The highest BCUT2D eigenvalue weighted by Gasteiger charge is 2.60. The Labute approximate surface area is 173 Å². The Morgan fingerprint density at radius 1 is 1.07 bits per heavy atom. The minimum atomic E-state index is -0.637. The lowest BCUT2D eigenvalue weighted by atomic mass is 9.79. The third-order valence-corrected chi connectivity index (χ3v) is 7.81. The van der Waals surface area contributed by atoms with Crippen LogP contribution in [0.25, 0.3) is 0 Å². The Kier molecular flexibility index (Phi) is 5.92. The van der Waals surface area contributed by atoms with Crippen LogP contribution in [0.3, 0.4) is 0 Å². The summed E-state index contributed by atoms with van der Waals surface area (Å²) in [6.45, 7) is 8.48. The quantitative estimate of drug-likeness (QED) is 0.716. The topological polar surface area (TPSA) is 55.9 Å². The van der Waals surface area contributed by atoms with E-state index >= 15 is 0 Å². The molecule has 28 heavy (non-hydrogen) atoms. The first kappa shape index (κ1) is 20.4. The molecule has 0 aromatic rings. The molecule has 4 fully saturated rings. The third-order valence-electron chi connectivity index (χ3n) is 7.38. The van der Waals surface area contributed by atoms with Gasteiger partial charge in [-0.1, -0.05) is 0 Å². The van der Waals surface area contributed by atoms with Crippen LogP contribution < -0.4 is 5.32 Å². The summed E-state index contributed by atoms with van der Waals surface area (Å²) in [5.41, 5.74) is -0.637. The number of alkyl halides is 1. The van der Waals surface area contributed by atoms with Crippen LogP contribution in [0.1, 0.15) is 52.4 Å². The van der Waals surface area contributed by atoms with Crippen LogP contribution >= 0.6 is 11.6 Å². The van der Waals surface area contributed by atoms with Crippen molar-refractivity contribution >= 4 is 23.4 Å². The average molecular weight is 411 g/mol. The van der Waals surface area contributed by atoms with Gasteiger partial charge in [-0.2, -0.15) is 0 Å². The first-order valence-electron chi connectivity index (χ1n) is 11.1. The van der Waals surface area contributed by atoms with Gasteiger partial charge in [-0.25, -0.2) is 0 Å². The zero-order valence-corrected chi connectivity index (χ0v) is 18.1. The highest BCUT2D eigenvalue weighted by atomic mass is 35.5. The van der Waals surface area contributed by atoms with Crippen LogP contribution in [-0.4, -0.2) is 88.8 Å². The van der Waals surface area contributed by atoms with Crippen molar-refractivity contribution in [3.05, 3.63) is 0 Å². The van der Waals surface area contributed by atoms with Gasteiger partial charge in [-0.15, -0.1) is 11.6 Å². The van der Waals surface area contributed by atoms with Crippen LogP contribution in [0, 0.1) is 5.92 Å². The van der Waals surface area contributed by atoms with Gasteiger partial charge in [0.15, 0.2) is 0 Å². The number of piperazine rings is 1. The summed E-state index contributed by atoms with van der Waals surface area (Å²) in [4.78, 5) is 32.9. The summed E-state index contributed by atoms with van der Waals surface area (Å²) < 4.78 is 0. The van der Waals surface area contributed by atoms with Crippen molar-refractivity contribution in [2.45, 2.75) is 75.4 Å². The molecule has 4 aliphatic rings. The van der Waals surface area contributed by atoms with Crippen LogP contribution in [0.2, 0.25) is 0 Å². The van der Waals surface area contributed by atoms with E-state index in [4.69, 9.17) is 11.6 Å². The van der Waals surface area contributed by atoms with E-state index in [9.17, 15) is 9.59 Å². The van der Waals surface area contributed by atoms with Gasteiger partial charge in [0, 0.05) is 37.1 Å². The second-order valence-electron chi connectivity index (χ2n) is 9.57. The lowest BCUT2D eigenvalue weighted by Crippen LogP contribution is -2.82. The average Bonchev–Trinajstić information content (AvgIpc) is 2.65. The van der Waals surface area contributed by atoms with Gasteiger partial charge in [-0.05, 0) is 71.4 Å². The molecule has 1 aliphatic carbocycles. The maximum atomic E-state index is 13.5. The second-order valence-corrected chi connectivity index (χ2v) is 10.2. The van der Waals surface area contributed by atoms with E-state index in [1.165, 1.54) is 0 Å². The van der Waals surface area contributed by atoms with Crippen molar-refractivity contribution in [3.8, 4) is 0 Å². The SMILES string of the molecule is CC(C)N1CC(=O)N(CC2CCC(Cl)CC2)C2(CN(C3CCNCC3)C2)C1=O. The maximum Gasteiger partial charge on any atom is 0.251 e. The van der Waals surface area contributed by atoms with Gasteiger partial charge in [0.25, 0.3) is 5.91 Å². The molecule has 0 bridgehead atoms. The predicted molar refractivity (Wildman–Crippen MR) is 110 cm³/mol. The summed E-state index contributed by atoms with van der Waals surface area (Å²) >= 11 is 6.28. The van der Waals surface area contributed by atoms with E-state index < -0.39 is 5.54 Å². The lowest BCUT2D eigenvalue weighted by molar-refractivity contribution is -0.184. The van der Waals surface area contributed by atoms with Gasteiger partial charge in [-0.3, -0.25) is 14.5 Å². The molecule has 4 rings (SSSR count). The number of rotatable bonds is 4. The normalized spacial score (nSPS) is 32.3. The summed E-state index contributed by atoms with van der Waals surface area (Å²) in [6, 6.07) is 0.604. The first-order chi connectivity index (χ1) is 13.4. The number of piperidine rings is 1. The summed E-state index contributed by atoms with van der Waals surface area (Å²) in [7, 11) is 0. The largest absolute Gasteiger partial charge is 0.329 e. The van der Waals surface area contributed by atoms with Crippen molar-refractivity contribution in [1.29, 1.82) is 0 Å². The minimum absolute atomic E-state index is 0.0649. The Hall–Kier alpha value is -0.850. The van der Waals surface area contributed by atoms with Crippen LogP contribution in [-0.2, 0) is 9.59 Å². The van der Waals surface area contributed by atoms with Gasteiger partial charge < -0.3 is 15.1 Å². The molecule has 0 aromatic heterocycles. The van der Waals surface area contributed by atoms with Gasteiger partial charge >= 0.3 is 0 Å². The fourth-order valence-corrected chi connectivity index (χ4v) is 5.79. The molecule has 158 valence electrons. The van der Waals surface area contributed by atoms with E-state index in [0.717, 1.165) is 58.2 Å². The molecule has 0 atom stereocenters. The molecule has 3 heterocycles. The van der Waals surface area contributed by atoms with Crippen LogP contribution in [0.5, 0.6) is 0 Å². The minimum Gasteiger partial charge on any atom is -0.329 e. The van der Waals surface area contributed by atoms with Crippen molar-refractivity contribution in [2.24, 2.45) is 5.92 Å². The summed E-state index contributed by atoms with van der Waals surface area (Å²) in [6.07, 6.45) is 6.43. The molecule has 6 nitrogen and oxygen atoms in total. The predicted octanol–water partition coefficient (Wildman–Crippen LogP) is 1.67. The van der Waals surface area contributed by atoms with Crippen LogP contribution in [0.15, 0.2) is 0 Å². The Balaban J connectivity index is 1.51. The van der Waals surface area contributed by atoms with Gasteiger partial charge in [0.2, 0.25) is 5.91 Å². The number of hydrogen-bond acceptors (Lipinski definition) is 4. The number of nitrogens with one attached hydrogen (secondary N) is 1. The molecular formula is C21H35ClN4O2. The van der Waals surface area contributed by atoms with Gasteiger partial charge in [0.1, 0.15) is 12.1 Å². The van der Waals surface area contributed by atoms with E-state index in [0.29, 0.717) is 25.0 Å². The molecule has 3 saturated heterocycles.